The van der Waals surface area contributed by atoms with E-state index in [1.165, 1.54) is 11.4 Å². The highest BCUT2D eigenvalue weighted by atomic mass is 127. The molecule has 0 saturated carbocycles. The molecule has 51 heavy (non-hydrogen) atoms. The van der Waals surface area contributed by atoms with Crippen LogP contribution in [0.25, 0.3) is 0 Å². The van der Waals surface area contributed by atoms with Crippen LogP contribution < -0.4 is 14.2 Å². The third-order valence-electron chi connectivity index (χ3n) is 6.78. The van der Waals surface area contributed by atoms with Crippen LogP contribution in [0.2, 0.25) is 0 Å². The van der Waals surface area contributed by atoms with Crippen LogP contribution in [-0.4, -0.2) is 112 Å². The van der Waals surface area contributed by atoms with E-state index in [1.54, 1.807) is 80.0 Å². The number of aryl methyl sites for hydroxylation is 4. The number of esters is 2. The lowest BCUT2D eigenvalue weighted by atomic mass is 10.1. The maximum absolute atomic E-state index is 12.8. The lowest BCUT2D eigenvalue weighted by molar-refractivity contribution is -0.144. The van der Waals surface area contributed by atoms with Crippen LogP contribution >= 0.6 is 22.6 Å². The fraction of sp³-hybridized carbons (Fsp3) is 0.588. The van der Waals surface area contributed by atoms with Gasteiger partial charge in [0.25, 0.3) is 0 Å². The van der Waals surface area contributed by atoms with Crippen LogP contribution in [0.5, 0.6) is 11.5 Å². The van der Waals surface area contributed by atoms with Crippen LogP contribution in [0.15, 0.2) is 34.1 Å². The van der Waals surface area contributed by atoms with E-state index in [9.17, 15) is 26.4 Å². The lowest BCUT2D eigenvalue weighted by Crippen LogP contribution is -2.30. The number of hydrogen-bond acceptors (Lipinski definition) is 12. The van der Waals surface area contributed by atoms with Crippen molar-refractivity contribution in [2.45, 2.75) is 64.2 Å². The number of hydrogen-bond donors (Lipinski definition) is 1. The fourth-order valence-corrected chi connectivity index (χ4v) is 7.71. The number of alkyl halides is 1. The van der Waals surface area contributed by atoms with E-state index in [0.29, 0.717) is 60.2 Å². The Balaban J connectivity index is 0.000000935. The van der Waals surface area contributed by atoms with Gasteiger partial charge in [0.15, 0.2) is 0 Å². The molecule has 0 radical (unpaired) electrons. The van der Waals surface area contributed by atoms with Crippen LogP contribution in [0, 0.1) is 27.7 Å². The Morgan fingerprint density at radius 2 is 1.08 bits per heavy atom. The molecule has 2 rings (SSSR count). The third kappa shape index (κ3) is 17.2. The normalized spacial score (nSPS) is 11.1. The van der Waals surface area contributed by atoms with E-state index >= 15 is 0 Å². The summed E-state index contributed by atoms with van der Waals surface area (Å²) in [5.74, 6) is 0.336. The second kappa shape index (κ2) is 25.4. The zero-order valence-corrected chi connectivity index (χ0v) is 35.2. The molecule has 0 atom stereocenters. The molecule has 0 amide bonds. The Morgan fingerprint density at radius 3 is 1.47 bits per heavy atom. The monoisotopic (exact) mass is 874 g/mol. The average molecular weight is 875 g/mol. The second-order valence-corrected chi connectivity index (χ2v) is 14.5. The van der Waals surface area contributed by atoms with Crippen molar-refractivity contribution in [2.24, 2.45) is 0 Å². The average Bonchev–Trinajstić information content (AvgIpc) is 3.04. The smallest absolute Gasteiger partial charge is 0.307 e. The zero-order valence-electron chi connectivity index (χ0n) is 31.4. The SMILES string of the molecule is CCOC(=O)CCN(C)S(=O)(=O)c1c(C)cc(OCCOC)cc1C.CCOC(=O)CCNS(=O)(=O)c1c(C)cc(OCCOC)cc1C.CI. The summed E-state index contributed by atoms with van der Waals surface area (Å²) in [6, 6.07) is 6.72. The summed E-state index contributed by atoms with van der Waals surface area (Å²) in [6.45, 7) is 12.6. The zero-order chi connectivity index (χ0) is 39.2. The van der Waals surface area contributed by atoms with Gasteiger partial charge in [0.05, 0.1) is 49.1 Å². The van der Waals surface area contributed by atoms with E-state index in [1.807, 2.05) is 4.93 Å². The molecule has 0 bridgehead atoms. The summed E-state index contributed by atoms with van der Waals surface area (Å²) in [5.41, 5.74) is 2.34. The first kappa shape index (κ1) is 48.5. The summed E-state index contributed by atoms with van der Waals surface area (Å²) < 4.78 is 84.7. The molecule has 1 N–H and O–H groups in total. The van der Waals surface area contributed by atoms with Gasteiger partial charge in [0.2, 0.25) is 20.0 Å². The van der Waals surface area contributed by atoms with Gasteiger partial charge >= 0.3 is 11.9 Å². The molecule has 0 aromatic heterocycles. The Kier molecular flexibility index (Phi) is 24.2. The lowest BCUT2D eigenvalue weighted by Gasteiger charge is -2.20. The van der Waals surface area contributed by atoms with Crippen molar-refractivity contribution in [3.05, 3.63) is 46.5 Å². The first-order valence-corrected chi connectivity index (χ1v) is 21.2. The molecule has 0 unspecified atom stereocenters. The van der Waals surface area contributed by atoms with E-state index in [0.717, 1.165) is 0 Å². The topological polar surface area (TPSA) is 173 Å². The molecule has 0 fully saturated rings. The Labute approximate surface area is 318 Å². The molecule has 0 aliphatic carbocycles. The van der Waals surface area contributed by atoms with Crippen molar-refractivity contribution in [3.63, 3.8) is 0 Å². The number of methoxy groups -OCH3 is 2. The minimum atomic E-state index is -3.71. The van der Waals surface area contributed by atoms with Gasteiger partial charge < -0.3 is 28.4 Å². The Bertz CT molecular complexity index is 1540. The van der Waals surface area contributed by atoms with Gasteiger partial charge in [0.1, 0.15) is 24.7 Å². The van der Waals surface area contributed by atoms with Gasteiger partial charge in [-0.25, -0.2) is 25.9 Å². The molecule has 17 heteroatoms. The van der Waals surface area contributed by atoms with Crippen molar-refractivity contribution < 1.29 is 54.8 Å². The number of ether oxygens (including phenoxy) is 6. The minimum Gasteiger partial charge on any atom is -0.491 e. The van der Waals surface area contributed by atoms with Crippen molar-refractivity contribution in [3.8, 4) is 11.5 Å². The molecule has 0 aliphatic heterocycles. The molecular formula is C34H55IN2O12S2. The highest BCUT2D eigenvalue weighted by Gasteiger charge is 2.26. The largest absolute Gasteiger partial charge is 0.491 e. The van der Waals surface area contributed by atoms with Crippen molar-refractivity contribution >= 4 is 54.6 Å². The number of sulfonamides is 2. The molecule has 14 nitrogen and oxygen atoms in total. The van der Waals surface area contributed by atoms with E-state index in [-0.39, 0.29) is 48.9 Å². The van der Waals surface area contributed by atoms with E-state index < -0.39 is 32.0 Å². The number of carbonyl (C=O) groups excluding carboxylic acids is 2. The quantitative estimate of drug-likeness (QED) is 0.0856. The van der Waals surface area contributed by atoms with Crippen LogP contribution in [-0.2, 0) is 48.6 Å². The number of carbonyl (C=O) groups is 2. The second-order valence-electron chi connectivity index (χ2n) is 10.8. The summed E-state index contributed by atoms with van der Waals surface area (Å²) in [4.78, 5) is 25.1. The molecule has 2 aromatic carbocycles. The Morgan fingerprint density at radius 1 is 0.686 bits per heavy atom. The standard InChI is InChI=1S/C17H27NO6S.C16H25NO6S.CH3I/c1-6-23-16(19)7-8-18(4)25(20,21)17-13(2)11-15(12-14(17)3)24-10-9-22-5;1-5-22-15(18)6-7-17-24(19,20)16-12(2)10-14(11-13(16)3)23-9-8-21-4;1-2/h11-12H,6-10H2,1-5H3;10-11,17H,5-9H2,1-4H3;1H3. The van der Waals surface area contributed by atoms with Crippen molar-refractivity contribution in [1.29, 1.82) is 0 Å². The highest BCUT2D eigenvalue weighted by Crippen LogP contribution is 2.28. The fourth-order valence-electron chi connectivity index (χ4n) is 4.65. The van der Waals surface area contributed by atoms with E-state index in [2.05, 4.69) is 27.3 Å². The third-order valence-corrected chi connectivity index (χ3v) is 10.7. The molecule has 0 heterocycles. The van der Waals surface area contributed by atoms with Gasteiger partial charge in [-0.3, -0.25) is 9.59 Å². The van der Waals surface area contributed by atoms with Gasteiger partial charge in [-0.2, -0.15) is 0 Å². The summed E-state index contributed by atoms with van der Waals surface area (Å²) in [7, 11) is -2.80. The maximum atomic E-state index is 12.8. The van der Waals surface area contributed by atoms with Crippen LogP contribution in [0.4, 0.5) is 0 Å². The number of rotatable bonds is 20. The maximum Gasteiger partial charge on any atom is 0.307 e. The number of nitrogens with zero attached hydrogens (tertiary/aromatic N) is 1. The summed E-state index contributed by atoms with van der Waals surface area (Å²) >= 11 is 2.15. The van der Waals surface area contributed by atoms with Crippen LogP contribution in [0.1, 0.15) is 48.9 Å². The van der Waals surface area contributed by atoms with Gasteiger partial charge in [-0.15, -0.1) is 0 Å². The number of nitrogens with one attached hydrogen (secondary N) is 1. The molecule has 0 saturated heterocycles. The predicted octanol–water partition coefficient (Wildman–Crippen LogP) is 4.51. The van der Waals surface area contributed by atoms with Crippen LogP contribution in [0.3, 0.4) is 0 Å². The number of halogens is 1. The summed E-state index contributed by atoms with van der Waals surface area (Å²) in [6.07, 6.45) is 0.00323. The summed E-state index contributed by atoms with van der Waals surface area (Å²) in [5, 5.41) is 0. The van der Waals surface area contributed by atoms with Gasteiger partial charge in [-0.1, -0.05) is 22.6 Å². The molecular weight excluding hydrogens is 819 g/mol. The van der Waals surface area contributed by atoms with Gasteiger partial charge in [0, 0.05) is 34.4 Å². The van der Waals surface area contributed by atoms with E-state index in [4.69, 9.17) is 28.4 Å². The number of benzene rings is 2. The Hall–Kier alpha value is -2.55. The first-order valence-electron chi connectivity index (χ1n) is 16.2. The molecule has 0 spiro atoms. The van der Waals surface area contributed by atoms with Crippen molar-refractivity contribution in [2.75, 3.05) is 78.9 Å². The first-order chi connectivity index (χ1) is 24.0. The molecule has 0 aliphatic rings. The van der Waals surface area contributed by atoms with Crippen molar-refractivity contribution in [1.82, 2.24) is 9.03 Å². The predicted molar refractivity (Wildman–Crippen MR) is 204 cm³/mol. The molecule has 2 aromatic rings. The van der Waals surface area contributed by atoms with Gasteiger partial charge in [-0.05, 0) is 93.0 Å². The molecule has 292 valence electrons. The highest BCUT2D eigenvalue weighted by molar-refractivity contribution is 14.1. The minimum absolute atomic E-state index is 0.00780.